The quantitative estimate of drug-likeness (QED) is 0.266. The summed E-state index contributed by atoms with van der Waals surface area (Å²) < 4.78 is 3.93. The van der Waals surface area contributed by atoms with E-state index in [4.69, 9.17) is 5.73 Å². The molecule has 0 unspecified atom stereocenters. The topological polar surface area (TPSA) is 97.2 Å². The molecule has 2 aliphatic heterocycles. The van der Waals surface area contributed by atoms with Crippen LogP contribution in [0.3, 0.4) is 0 Å². The zero-order valence-corrected chi connectivity index (χ0v) is 25.5. The van der Waals surface area contributed by atoms with E-state index in [0.29, 0.717) is 11.6 Å². The number of piperidine rings is 2. The normalized spacial score (nSPS) is 15.9. The molecule has 0 aliphatic carbocycles. The molecule has 3 N–H and O–H groups in total. The minimum atomic E-state index is -0.0940. The summed E-state index contributed by atoms with van der Waals surface area (Å²) in [6, 6.07) is 20.3. The molecular formula is C34H46N8O. The lowest BCUT2D eigenvalue weighted by Gasteiger charge is -2.26. The molecule has 0 bridgehead atoms. The summed E-state index contributed by atoms with van der Waals surface area (Å²) in [4.78, 5) is 16.5. The molecule has 0 spiro atoms. The number of hydrogen-bond donors (Lipinski definition) is 2. The molecule has 2 aromatic heterocycles. The van der Waals surface area contributed by atoms with Crippen LogP contribution in [0.4, 0.5) is 11.6 Å². The predicted octanol–water partition coefficient (Wildman–Crippen LogP) is 5.61. The molecule has 2 aromatic carbocycles. The first kappa shape index (κ1) is 30.5. The number of amides is 1. The third-order valence-electron chi connectivity index (χ3n) is 8.20. The van der Waals surface area contributed by atoms with Gasteiger partial charge in [-0.05, 0) is 63.0 Å². The van der Waals surface area contributed by atoms with Crippen LogP contribution in [0, 0.1) is 0 Å². The van der Waals surface area contributed by atoms with Crippen molar-refractivity contribution >= 4 is 17.5 Å². The van der Waals surface area contributed by atoms with Crippen LogP contribution >= 0.6 is 0 Å². The van der Waals surface area contributed by atoms with E-state index in [9.17, 15) is 4.79 Å². The highest BCUT2D eigenvalue weighted by atomic mass is 16.1. The van der Waals surface area contributed by atoms with Gasteiger partial charge in [0.25, 0.3) is 0 Å². The van der Waals surface area contributed by atoms with Gasteiger partial charge in [-0.15, -0.1) is 0 Å². The van der Waals surface area contributed by atoms with Gasteiger partial charge in [0, 0.05) is 43.5 Å². The molecule has 0 radical (unpaired) electrons. The zero-order valence-electron chi connectivity index (χ0n) is 25.5. The van der Waals surface area contributed by atoms with Crippen molar-refractivity contribution in [2.75, 3.05) is 50.3 Å². The molecule has 4 heterocycles. The number of nitrogens with two attached hydrogens (primary N) is 1. The van der Waals surface area contributed by atoms with Crippen LogP contribution in [0.1, 0.15) is 45.4 Å². The van der Waals surface area contributed by atoms with Gasteiger partial charge < -0.3 is 20.9 Å². The number of nitrogens with zero attached hydrogens (tertiary/aromatic N) is 6. The summed E-state index contributed by atoms with van der Waals surface area (Å²) in [6.45, 7) is 10.2. The van der Waals surface area contributed by atoms with Gasteiger partial charge in [0.05, 0.1) is 13.1 Å². The van der Waals surface area contributed by atoms with Gasteiger partial charge in [0.15, 0.2) is 11.6 Å². The standard InChI is InChI=1S/C18H24N4O.C16H22N4/c1-15(23)19-18-17(16-8-4-2-5-9-16)14-22(20-18)13-12-21-10-6-3-7-11-21;17-16-15(14-7-3-1-4-8-14)13-20(18-16)12-11-19-9-5-2-6-10-19/h2,4-5,8-9,14H,3,6-7,10-13H2,1H3,(H,19,20,23);1,3-4,7-8,13H,2,5-6,9-12H2,(H2,17,18). The highest BCUT2D eigenvalue weighted by molar-refractivity contribution is 5.92. The number of carbonyl (C=O) groups excluding carboxylic acids is 1. The zero-order chi connectivity index (χ0) is 29.9. The van der Waals surface area contributed by atoms with E-state index in [-0.39, 0.29) is 5.91 Å². The molecule has 1 amide bonds. The largest absolute Gasteiger partial charge is 0.382 e. The molecule has 43 heavy (non-hydrogen) atoms. The summed E-state index contributed by atoms with van der Waals surface area (Å²) >= 11 is 0. The van der Waals surface area contributed by atoms with E-state index in [1.165, 1.54) is 71.6 Å². The van der Waals surface area contributed by atoms with Crippen LogP contribution in [0.25, 0.3) is 22.3 Å². The fraction of sp³-hybridized carbons (Fsp3) is 0.441. The van der Waals surface area contributed by atoms with Gasteiger partial charge >= 0.3 is 0 Å². The maximum atomic E-state index is 11.4. The van der Waals surface area contributed by atoms with Gasteiger partial charge in [-0.1, -0.05) is 73.5 Å². The van der Waals surface area contributed by atoms with Crippen molar-refractivity contribution in [2.45, 2.75) is 58.5 Å². The van der Waals surface area contributed by atoms with E-state index in [1.807, 2.05) is 64.1 Å². The van der Waals surface area contributed by atoms with Crippen LogP contribution < -0.4 is 11.1 Å². The molecule has 4 aromatic rings. The highest BCUT2D eigenvalue weighted by Crippen LogP contribution is 2.27. The molecular weight excluding hydrogens is 536 g/mol. The smallest absolute Gasteiger partial charge is 0.222 e. The lowest BCUT2D eigenvalue weighted by atomic mass is 10.1. The van der Waals surface area contributed by atoms with Crippen molar-refractivity contribution in [1.82, 2.24) is 29.4 Å². The first-order chi connectivity index (χ1) is 21.0. The number of benzene rings is 2. The molecule has 0 atom stereocenters. The van der Waals surface area contributed by atoms with E-state index in [1.54, 1.807) is 0 Å². The molecule has 228 valence electrons. The summed E-state index contributed by atoms with van der Waals surface area (Å²) in [5.74, 6) is 1.17. The van der Waals surface area contributed by atoms with Crippen LogP contribution in [0.2, 0.25) is 0 Å². The number of carbonyl (C=O) groups is 1. The lowest BCUT2D eigenvalue weighted by molar-refractivity contribution is -0.114. The minimum Gasteiger partial charge on any atom is -0.382 e. The Morgan fingerprint density at radius 1 is 0.674 bits per heavy atom. The summed E-state index contributed by atoms with van der Waals surface area (Å²) in [5.41, 5.74) is 10.2. The molecule has 2 fully saturated rings. The van der Waals surface area contributed by atoms with Crippen molar-refractivity contribution in [1.29, 1.82) is 0 Å². The molecule has 2 aliphatic rings. The lowest BCUT2D eigenvalue weighted by Crippen LogP contribution is -2.32. The summed E-state index contributed by atoms with van der Waals surface area (Å²) in [6.07, 6.45) is 12.1. The molecule has 0 saturated carbocycles. The van der Waals surface area contributed by atoms with Crippen molar-refractivity contribution in [3.63, 3.8) is 0 Å². The van der Waals surface area contributed by atoms with E-state index in [0.717, 1.165) is 48.4 Å². The molecule has 9 heteroatoms. The Bertz CT molecular complexity index is 1400. The fourth-order valence-corrected chi connectivity index (χ4v) is 5.87. The third-order valence-corrected chi connectivity index (χ3v) is 8.20. The summed E-state index contributed by atoms with van der Waals surface area (Å²) in [7, 11) is 0. The monoisotopic (exact) mass is 582 g/mol. The maximum Gasteiger partial charge on any atom is 0.222 e. The molecule has 9 nitrogen and oxygen atoms in total. The third kappa shape index (κ3) is 9.02. The van der Waals surface area contributed by atoms with E-state index < -0.39 is 0 Å². The Labute approximate surface area is 255 Å². The number of anilines is 2. The number of aromatic nitrogens is 4. The van der Waals surface area contributed by atoms with Crippen LogP contribution in [-0.2, 0) is 17.9 Å². The van der Waals surface area contributed by atoms with Crippen LogP contribution in [0.5, 0.6) is 0 Å². The SMILES string of the molecule is CC(=O)Nc1nn(CCN2CCCCC2)cc1-c1ccccc1.Nc1nn(CCN2CCCCC2)cc1-c1ccccc1. The Morgan fingerprint density at radius 2 is 1.14 bits per heavy atom. The Kier molecular flexibility index (Phi) is 11.0. The first-order valence-corrected chi connectivity index (χ1v) is 15.8. The van der Waals surface area contributed by atoms with E-state index >= 15 is 0 Å². The van der Waals surface area contributed by atoms with Crippen molar-refractivity contribution in [2.24, 2.45) is 0 Å². The second-order valence-corrected chi connectivity index (χ2v) is 11.6. The first-order valence-electron chi connectivity index (χ1n) is 15.8. The van der Waals surface area contributed by atoms with Gasteiger partial charge in [-0.2, -0.15) is 10.2 Å². The van der Waals surface area contributed by atoms with Gasteiger partial charge in [-0.3, -0.25) is 14.2 Å². The average molecular weight is 583 g/mol. The molecule has 2 saturated heterocycles. The van der Waals surface area contributed by atoms with E-state index in [2.05, 4.69) is 43.6 Å². The second-order valence-electron chi connectivity index (χ2n) is 11.6. The maximum absolute atomic E-state index is 11.4. The highest BCUT2D eigenvalue weighted by Gasteiger charge is 2.15. The van der Waals surface area contributed by atoms with Crippen molar-refractivity contribution in [3.8, 4) is 22.3 Å². The number of nitrogen functional groups attached to an aromatic ring is 1. The van der Waals surface area contributed by atoms with Crippen molar-refractivity contribution in [3.05, 3.63) is 73.1 Å². The van der Waals surface area contributed by atoms with Crippen molar-refractivity contribution < 1.29 is 4.79 Å². The number of hydrogen-bond acceptors (Lipinski definition) is 6. The van der Waals surface area contributed by atoms with Crippen LogP contribution in [0.15, 0.2) is 73.1 Å². The fourth-order valence-electron chi connectivity index (χ4n) is 5.87. The van der Waals surface area contributed by atoms with Gasteiger partial charge in [-0.25, -0.2) is 0 Å². The van der Waals surface area contributed by atoms with Crippen LogP contribution in [-0.4, -0.2) is 74.5 Å². The number of likely N-dealkylation sites (tertiary alicyclic amines) is 2. The predicted molar refractivity (Wildman–Crippen MR) is 175 cm³/mol. The van der Waals surface area contributed by atoms with Gasteiger partial charge in [0.2, 0.25) is 5.91 Å². The molecule has 6 rings (SSSR count). The second kappa shape index (κ2) is 15.5. The Hall–Kier alpha value is -3.95. The Balaban J connectivity index is 0.000000173. The number of nitrogens with one attached hydrogen (secondary N) is 1. The summed E-state index contributed by atoms with van der Waals surface area (Å²) in [5, 5.41) is 11.9. The number of rotatable bonds is 9. The Morgan fingerprint density at radius 3 is 1.65 bits per heavy atom. The average Bonchev–Trinajstić information content (AvgIpc) is 3.63. The van der Waals surface area contributed by atoms with Gasteiger partial charge in [0.1, 0.15) is 0 Å². The minimum absolute atomic E-state index is 0.0940.